The zero-order valence-electron chi connectivity index (χ0n) is 9.50. The van der Waals surface area contributed by atoms with Crippen LogP contribution in [0.1, 0.15) is 19.7 Å². The molecule has 0 unspecified atom stereocenters. The number of hydrogen-bond acceptors (Lipinski definition) is 5. The molecule has 0 fully saturated rings. The molecule has 0 aliphatic heterocycles. The molecule has 1 aromatic heterocycles. The van der Waals surface area contributed by atoms with Crippen LogP contribution in [0.25, 0.3) is 0 Å². The van der Waals surface area contributed by atoms with Crippen LogP contribution >= 0.6 is 0 Å². The van der Waals surface area contributed by atoms with Crippen molar-refractivity contribution < 1.29 is 4.74 Å². The molecule has 5 nitrogen and oxygen atoms in total. The first kappa shape index (κ1) is 11.7. The molecule has 2 N–H and O–H groups in total. The number of rotatable bonds is 6. The highest BCUT2D eigenvalue weighted by atomic mass is 16.5. The van der Waals surface area contributed by atoms with E-state index in [1.807, 2.05) is 27.0 Å². The van der Waals surface area contributed by atoms with Crippen LogP contribution in [0.5, 0.6) is 0 Å². The van der Waals surface area contributed by atoms with E-state index in [1.54, 1.807) is 0 Å². The van der Waals surface area contributed by atoms with Crippen LogP contribution in [0.4, 0.5) is 11.6 Å². The van der Waals surface area contributed by atoms with Crippen LogP contribution in [-0.4, -0.2) is 30.2 Å². The minimum absolute atomic E-state index is 0.449. The van der Waals surface area contributed by atoms with E-state index >= 15 is 0 Å². The van der Waals surface area contributed by atoms with Crippen LogP contribution in [0.3, 0.4) is 0 Å². The van der Waals surface area contributed by atoms with Crippen molar-refractivity contribution in [2.45, 2.75) is 20.5 Å². The van der Waals surface area contributed by atoms with Crippen molar-refractivity contribution in [1.29, 1.82) is 0 Å². The summed E-state index contributed by atoms with van der Waals surface area (Å²) in [6, 6.07) is 1.87. The van der Waals surface area contributed by atoms with E-state index in [-0.39, 0.29) is 0 Å². The molecule has 0 spiro atoms. The summed E-state index contributed by atoms with van der Waals surface area (Å²) >= 11 is 0. The lowest BCUT2D eigenvalue weighted by Gasteiger charge is -2.08. The maximum atomic E-state index is 5.27. The highest BCUT2D eigenvalue weighted by molar-refractivity contribution is 5.46. The summed E-state index contributed by atoms with van der Waals surface area (Å²) in [6.07, 6.45) is 0. The Balaban J connectivity index is 2.79. The van der Waals surface area contributed by atoms with Crippen molar-refractivity contribution in [1.82, 2.24) is 9.97 Å². The highest BCUT2D eigenvalue weighted by Gasteiger charge is 2.02. The van der Waals surface area contributed by atoms with Gasteiger partial charge >= 0.3 is 0 Å². The van der Waals surface area contributed by atoms with Crippen molar-refractivity contribution in [2.75, 3.05) is 30.8 Å². The van der Waals surface area contributed by atoms with Gasteiger partial charge in [0.15, 0.2) is 5.82 Å². The third-order valence-electron chi connectivity index (χ3n) is 1.82. The quantitative estimate of drug-likeness (QED) is 0.745. The van der Waals surface area contributed by atoms with Gasteiger partial charge in [-0.15, -0.1) is 0 Å². The van der Waals surface area contributed by atoms with Crippen molar-refractivity contribution >= 4 is 11.6 Å². The number of hydrogen-bond donors (Lipinski definition) is 2. The summed E-state index contributed by atoms with van der Waals surface area (Å²) in [7, 11) is 1.84. The van der Waals surface area contributed by atoms with Crippen LogP contribution in [0.2, 0.25) is 0 Å². The fourth-order valence-electron chi connectivity index (χ4n) is 1.15. The van der Waals surface area contributed by atoms with Gasteiger partial charge in [-0.1, -0.05) is 0 Å². The van der Waals surface area contributed by atoms with Gasteiger partial charge in [0.1, 0.15) is 18.2 Å². The van der Waals surface area contributed by atoms with Gasteiger partial charge in [0, 0.05) is 26.3 Å². The standard InChI is InChI=1S/C10H18N4O/c1-4-12-9-6-8(11-3)13-10(14-9)7-15-5-2/h6H,4-5,7H2,1-3H3,(H2,11,12,13,14). The summed E-state index contributed by atoms with van der Waals surface area (Å²) in [6.45, 7) is 5.94. The molecule has 0 amide bonds. The van der Waals surface area contributed by atoms with Crippen molar-refractivity contribution in [3.8, 4) is 0 Å². The number of nitrogens with zero attached hydrogens (tertiary/aromatic N) is 2. The second-order valence-corrected chi connectivity index (χ2v) is 2.97. The third-order valence-corrected chi connectivity index (χ3v) is 1.82. The van der Waals surface area contributed by atoms with Gasteiger partial charge in [-0.05, 0) is 13.8 Å². The van der Waals surface area contributed by atoms with E-state index in [0.29, 0.717) is 19.0 Å². The Hall–Kier alpha value is -1.36. The fraction of sp³-hybridized carbons (Fsp3) is 0.600. The molecule has 84 valence electrons. The molecule has 0 aromatic carbocycles. The fourth-order valence-corrected chi connectivity index (χ4v) is 1.15. The number of anilines is 2. The number of ether oxygens (including phenoxy) is 1. The van der Waals surface area contributed by atoms with Gasteiger partial charge in [0.2, 0.25) is 0 Å². The van der Waals surface area contributed by atoms with E-state index in [9.17, 15) is 0 Å². The predicted octanol–water partition coefficient (Wildman–Crippen LogP) is 1.49. The van der Waals surface area contributed by atoms with Crippen molar-refractivity contribution in [3.63, 3.8) is 0 Å². The summed E-state index contributed by atoms with van der Waals surface area (Å²) in [5.74, 6) is 2.32. The average molecular weight is 210 g/mol. The van der Waals surface area contributed by atoms with Gasteiger partial charge in [-0.3, -0.25) is 0 Å². The molecule has 0 saturated carbocycles. The van der Waals surface area contributed by atoms with Crippen molar-refractivity contribution in [3.05, 3.63) is 11.9 Å². The lowest BCUT2D eigenvalue weighted by Crippen LogP contribution is -2.07. The number of nitrogens with one attached hydrogen (secondary N) is 2. The van der Waals surface area contributed by atoms with Crippen LogP contribution in [0, 0.1) is 0 Å². The molecule has 1 aromatic rings. The highest BCUT2D eigenvalue weighted by Crippen LogP contribution is 2.11. The Bertz CT molecular complexity index is 303. The second kappa shape index (κ2) is 6.19. The molecule has 0 aliphatic rings. The summed E-state index contributed by atoms with van der Waals surface area (Å²) < 4.78 is 5.27. The van der Waals surface area contributed by atoms with Crippen LogP contribution in [0.15, 0.2) is 6.07 Å². The first-order chi connectivity index (χ1) is 7.30. The van der Waals surface area contributed by atoms with E-state index in [1.165, 1.54) is 0 Å². The second-order valence-electron chi connectivity index (χ2n) is 2.97. The minimum Gasteiger partial charge on any atom is -0.374 e. The molecule has 15 heavy (non-hydrogen) atoms. The van der Waals surface area contributed by atoms with Gasteiger partial charge in [-0.25, -0.2) is 9.97 Å². The molecule has 0 saturated heterocycles. The van der Waals surface area contributed by atoms with Gasteiger partial charge in [0.05, 0.1) is 0 Å². The topological polar surface area (TPSA) is 59.1 Å². The molecular weight excluding hydrogens is 192 g/mol. The summed E-state index contributed by atoms with van der Waals surface area (Å²) in [4.78, 5) is 8.61. The molecule has 0 atom stereocenters. The molecule has 0 radical (unpaired) electrons. The minimum atomic E-state index is 0.449. The number of aromatic nitrogens is 2. The third kappa shape index (κ3) is 3.71. The molecule has 0 aliphatic carbocycles. The Morgan fingerprint density at radius 1 is 1.27 bits per heavy atom. The monoisotopic (exact) mass is 210 g/mol. The Labute approximate surface area is 90.3 Å². The summed E-state index contributed by atoms with van der Waals surface area (Å²) in [5, 5.41) is 6.15. The lowest BCUT2D eigenvalue weighted by atomic mass is 10.4. The Morgan fingerprint density at radius 3 is 2.60 bits per heavy atom. The predicted molar refractivity (Wildman–Crippen MR) is 61.1 cm³/mol. The average Bonchev–Trinajstić information content (AvgIpc) is 2.26. The van der Waals surface area contributed by atoms with Gasteiger partial charge < -0.3 is 15.4 Å². The molecule has 5 heteroatoms. The Morgan fingerprint density at radius 2 is 2.00 bits per heavy atom. The first-order valence-electron chi connectivity index (χ1n) is 5.17. The van der Waals surface area contributed by atoms with Gasteiger partial charge in [0.25, 0.3) is 0 Å². The maximum absolute atomic E-state index is 5.27. The zero-order valence-corrected chi connectivity index (χ0v) is 9.50. The molecule has 1 heterocycles. The normalized spacial score (nSPS) is 10.1. The smallest absolute Gasteiger partial charge is 0.158 e. The van der Waals surface area contributed by atoms with E-state index in [4.69, 9.17) is 4.74 Å². The van der Waals surface area contributed by atoms with E-state index in [2.05, 4.69) is 20.6 Å². The zero-order chi connectivity index (χ0) is 11.1. The van der Waals surface area contributed by atoms with Gasteiger partial charge in [-0.2, -0.15) is 0 Å². The molecule has 0 bridgehead atoms. The van der Waals surface area contributed by atoms with Crippen LogP contribution in [-0.2, 0) is 11.3 Å². The SMILES string of the molecule is CCNc1cc(NC)nc(COCC)n1. The molecule has 1 rings (SSSR count). The first-order valence-corrected chi connectivity index (χ1v) is 5.17. The Kier molecular flexibility index (Phi) is 4.83. The maximum Gasteiger partial charge on any atom is 0.158 e. The largest absolute Gasteiger partial charge is 0.374 e. The van der Waals surface area contributed by atoms with Crippen molar-refractivity contribution in [2.24, 2.45) is 0 Å². The van der Waals surface area contributed by atoms with E-state index in [0.717, 1.165) is 18.2 Å². The van der Waals surface area contributed by atoms with Crippen LogP contribution < -0.4 is 10.6 Å². The van der Waals surface area contributed by atoms with E-state index < -0.39 is 0 Å². The lowest BCUT2D eigenvalue weighted by molar-refractivity contribution is 0.128. The molecular formula is C10H18N4O. The summed E-state index contributed by atoms with van der Waals surface area (Å²) in [5.41, 5.74) is 0.